The molecule has 16 rings (SSSR count). The Kier molecular flexibility index (Phi) is 9.62. The number of nitrogens with zero attached hydrogens (tertiary/aromatic N) is 3. The number of hydrogen-bond donors (Lipinski definition) is 0. The maximum Gasteiger partial charge on any atom is 0.163 e. The van der Waals surface area contributed by atoms with E-state index in [9.17, 15) is 0 Å². The van der Waals surface area contributed by atoms with Crippen LogP contribution in [0.3, 0.4) is 0 Å². The summed E-state index contributed by atoms with van der Waals surface area (Å²) < 4.78 is 23.1. The third kappa shape index (κ3) is 6.50. The van der Waals surface area contributed by atoms with Gasteiger partial charge >= 0.3 is 0 Å². The Morgan fingerprint density at radius 2 is 0.821 bits per heavy atom. The lowest BCUT2D eigenvalue weighted by molar-refractivity contribution is 0.656. The molecule has 0 spiro atoms. The predicted octanol–water partition coefficient (Wildman–Crippen LogP) is 21.4. The van der Waals surface area contributed by atoms with Crippen molar-refractivity contribution < 1.29 is 13.3 Å². The standard InChI is InChI=1S/C72H51N3O3/c1-42(2)52-22-14-24-56-59-40-50(30-36-63(59)76-70(52)56)73(47-18-10-6-11-19-47)49-29-26-45-27-32-54-55-33-34-62(74(48-20-12-7-13-21-48)51-31-37-64-60(41-51)57-25-15-23-53(43(3)4)71(57)77-64)66-68(55)75(67(54)58(45)39-49)69-61-38-46(44-16-8-5-9-17-44)28-35-65(61)78-72(66)69/h5-43H,1-4H3. The molecular weight excluding hydrogens is 955 g/mol. The number of hydrogen-bond acceptors (Lipinski definition) is 5. The van der Waals surface area contributed by atoms with Crippen molar-refractivity contribution in [3.63, 3.8) is 0 Å². The van der Waals surface area contributed by atoms with Crippen molar-refractivity contribution in [2.45, 2.75) is 39.5 Å². The van der Waals surface area contributed by atoms with Crippen LogP contribution in [-0.4, -0.2) is 4.40 Å². The summed E-state index contributed by atoms with van der Waals surface area (Å²) >= 11 is 0. The molecule has 6 nitrogen and oxygen atoms in total. The van der Waals surface area contributed by atoms with E-state index in [-0.39, 0.29) is 0 Å². The third-order valence-electron chi connectivity index (χ3n) is 16.4. The summed E-state index contributed by atoms with van der Waals surface area (Å²) in [6, 6.07) is 81.2. The van der Waals surface area contributed by atoms with E-state index in [2.05, 4.69) is 266 Å². The lowest BCUT2D eigenvalue weighted by atomic mass is 10.00. The van der Waals surface area contributed by atoms with E-state index in [0.29, 0.717) is 11.8 Å². The van der Waals surface area contributed by atoms with Gasteiger partial charge in [0.25, 0.3) is 0 Å². The van der Waals surface area contributed by atoms with Gasteiger partial charge in [0.15, 0.2) is 5.58 Å². The van der Waals surface area contributed by atoms with Crippen LogP contribution in [0.5, 0.6) is 0 Å². The molecule has 0 radical (unpaired) electrons. The van der Waals surface area contributed by atoms with Crippen molar-refractivity contribution in [1.82, 2.24) is 4.40 Å². The average Bonchev–Trinajstić information content (AvgIpc) is 4.45. The van der Waals surface area contributed by atoms with Gasteiger partial charge in [-0.05, 0) is 130 Å². The summed E-state index contributed by atoms with van der Waals surface area (Å²) in [4.78, 5) is 4.78. The molecule has 0 bridgehead atoms. The second-order valence-electron chi connectivity index (χ2n) is 21.6. The quantitative estimate of drug-likeness (QED) is 0.144. The summed E-state index contributed by atoms with van der Waals surface area (Å²) in [5.41, 5.74) is 19.6. The summed E-state index contributed by atoms with van der Waals surface area (Å²) in [5, 5.41) is 11.2. The molecule has 0 aliphatic heterocycles. The summed E-state index contributed by atoms with van der Waals surface area (Å²) in [5.74, 6) is 0.655. The summed E-state index contributed by atoms with van der Waals surface area (Å²) in [6.45, 7) is 8.91. The first-order chi connectivity index (χ1) is 38.3. The van der Waals surface area contributed by atoms with Crippen LogP contribution in [0.15, 0.2) is 238 Å². The molecule has 5 aromatic heterocycles. The fourth-order valence-corrected chi connectivity index (χ4v) is 12.8. The van der Waals surface area contributed by atoms with Gasteiger partial charge in [-0.15, -0.1) is 0 Å². The molecule has 16 aromatic rings. The van der Waals surface area contributed by atoms with E-state index in [1.54, 1.807) is 0 Å². The molecule has 372 valence electrons. The number of furan rings is 3. The van der Waals surface area contributed by atoms with Crippen molar-refractivity contribution in [1.29, 1.82) is 0 Å². The highest BCUT2D eigenvalue weighted by Crippen LogP contribution is 2.52. The van der Waals surface area contributed by atoms with Crippen molar-refractivity contribution in [2.24, 2.45) is 0 Å². The normalized spacial score (nSPS) is 12.3. The molecule has 5 heterocycles. The highest BCUT2D eigenvalue weighted by molar-refractivity contribution is 6.32. The third-order valence-corrected chi connectivity index (χ3v) is 16.4. The SMILES string of the molecule is CC(C)c1cccc2c1oc1ccc(N(c3ccccc3)c3ccc4ccc5c6ccc(N(c7ccccc7)c7ccc8oc9c(C(C)C)cccc9c8c7)c7c8oc9ccc(-c%10ccccc%10)cc9c8n(c5c4c3)c67)cc12. The first-order valence-corrected chi connectivity index (χ1v) is 27.1. The Balaban J connectivity index is 0.983. The van der Waals surface area contributed by atoms with Crippen molar-refractivity contribution >= 4 is 138 Å². The Bertz CT molecular complexity index is 5040. The maximum atomic E-state index is 7.29. The number of anilines is 6. The first kappa shape index (κ1) is 44.5. The van der Waals surface area contributed by atoms with Crippen molar-refractivity contribution in [2.75, 3.05) is 9.80 Å². The average molecular weight is 1010 g/mol. The molecule has 0 amide bonds. The fourth-order valence-electron chi connectivity index (χ4n) is 12.8. The highest BCUT2D eigenvalue weighted by atomic mass is 16.3. The predicted molar refractivity (Wildman–Crippen MR) is 326 cm³/mol. The molecule has 0 fully saturated rings. The van der Waals surface area contributed by atoms with Gasteiger partial charge in [-0.2, -0.15) is 0 Å². The molecule has 6 heteroatoms. The molecule has 0 unspecified atom stereocenters. The van der Waals surface area contributed by atoms with Crippen LogP contribution in [0.4, 0.5) is 34.1 Å². The largest absolute Gasteiger partial charge is 0.456 e. The molecule has 0 saturated heterocycles. The Morgan fingerprint density at radius 3 is 1.45 bits per heavy atom. The van der Waals surface area contributed by atoms with Gasteiger partial charge in [0, 0.05) is 71.5 Å². The number of para-hydroxylation sites is 4. The molecule has 0 N–H and O–H groups in total. The second kappa shape index (κ2) is 16.9. The molecule has 0 saturated carbocycles. The number of rotatable bonds is 9. The second-order valence-corrected chi connectivity index (χ2v) is 21.6. The number of aromatic nitrogens is 1. The van der Waals surface area contributed by atoms with Gasteiger partial charge in [-0.1, -0.05) is 161 Å². The van der Waals surface area contributed by atoms with Gasteiger partial charge < -0.3 is 27.5 Å². The summed E-state index contributed by atoms with van der Waals surface area (Å²) in [6.07, 6.45) is 0. The molecule has 0 atom stereocenters. The van der Waals surface area contributed by atoms with E-state index in [1.807, 2.05) is 0 Å². The van der Waals surface area contributed by atoms with Gasteiger partial charge in [0.05, 0.1) is 22.1 Å². The zero-order valence-corrected chi connectivity index (χ0v) is 43.6. The van der Waals surface area contributed by atoms with Crippen molar-refractivity contribution in [3.8, 4) is 11.1 Å². The van der Waals surface area contributed by atoms with Crippen LogP contribution in [-0.2, 0) is 0 Å². The number of fused-ring (bicyclic) bond motifs is 16. The zero-order valence-electron chi connectivity index (χ0n) is 43.6. The van der Waals surface area contributed by atoms with Gasteiger partial charge in [-0.3, -0.25) is 0 Å². The Hall–Kier alpha value is -9.78. The van der Waals surface area contributed by atoms with Crippen LogP contribution in [0.1, 0.15) is 50.7 Å². The van der Waals surface area contributed by atoms with Gasteiger partial charge in [0.1, 0.15) is 33.4 Å². The Morgan fingerprint density at radius 1 is 0.321 bits per heavy atom. The van der Waals surface area contributed by atoms with Crippen LogP contribution in [0, 0.1) is 0 Å². The fraction of sp³-hybridized carbons (Fsp3) is 0.0833. The van der Waals surface area contributed by atoms with Gasteiger partial charge in [0.2, 0.25) is 0 Å². The van der Waals surface area contributed by atoms with Gasteiger partial charge in [-0.25, -0.2) is 0 Å². The van der Waals surface area contributed by atoms with Crippen LogP contribution in [0.25, 0.3) is 115 Å². The van der Waals surface area contributed by atoms with E-state index >= 15 is 0 Å². The number of benzene rings is 11. The molecule has 0 aliphatic rings. The van der Waals surface area contributed by atoms with E-state index in [4.69, 9.17) is 13.3 Å². The van der Waals surface area contributed by atoms with Crippen molar-refractivity contribution in [3.05, 3.63) is 236 Å². The van der Waals surface area contributed by atoms with E-state index < -0.39 is 0 Å². The molecular formula is C72H51N3O3. The van der Waals surface area contributed by atoms with Crippen LogP contribution >= 0.6 is 0 Å². The minimum Gasteiger partial charge on any atom is -0.456 e. The smallest absolute Gasteiger partial charge is 0.163 e. The van der Waals surface area contributed by atoms with E-state index in [0.717, 1.165) is 138 Å². The highest BCUT2D eigenvalue weighted by Gasteiger charge is 2.30. The molecule has 78 heavy (non-hydrogen) atoms. The molecule has 11 aromatic carbocycles. The molecule has 0 aliphatic carbocycles. The lowest BCUT2D eigenvalue weighted by Crippen LogP contribution is -2.10. The lowest BCUT2D eigenvalue weighted by Gasteiger charge is -2.26. The van der Waals surface area contributed by atoms with Crippen LogP contribution in [0.2, 0.25) is 0 Å². The maximum absolute atomic E-state index is 7.29. The first-order valence-electron chi connectivity index (χ1n) is 27.1. The summed E-state index contributed by atoms with van der Waals surface area (Å²) in [7, 11) is 0. The zero-order chi connectivity index (χ0) is 51.9. The monoisotopic (exact) mass is 1010 g/mol. The minimum absolute atomic E-state index is 0.322. The van der Waals surface area contributed by atoms with E-state index in [1.165, 1.54) is 21.9 Å². The Labute approximate surface area is 449 Å². The van der Waals surface area contributed by atoms with Crippen LogP contribution < -0.4 is 9.80 Å². The topological polar surface area (TPSA) is 50.3 Å². The minimum atomic E-state index is 0.322.